The Kier molecular flexibility index (Phi) is 4.82. The summed E-state index contributed by atoms with van der Waals surface area (Å²) in [5, 5.41) is 15.8. The van der Waals surface area contributed by atoms with Crippen molar-refractivity contribution >= 4 is 10.0 Å². The maximum absolute atomic E-state index is 12.7. The summed E-state index contributed by atoms with van der Waals surface area (Å²) in [6, 6.07) is 5.98. The fraction of sp³-hybridized carbons (Fsp3) is 0.400. The SMILES string of the molecule is Cc1nc([C@H](NS(=O)(=O)c2cc(C#N)ccc2C)C(C)C)n[nH]1. The summed E-state index contributed by atoms with van der Waals surface area (Å²) < 4.78 is 28.1. The predicted octanol–water partition coefficient (Wildman–Crippen LogP) is 1.97. The van der Waals surface area contributed by atoms with Gasteiger partial charge in [0.2, 0.25) is 10.0 Å². The summed E-state index contributed by atoms with van der Waals surface area (Å²) in [6.45, 7) is 7.22. The Hall–Kier alpha value is -2.24. The Balaban J connectivity index is 2.41. The largest absolute Gasteiger partial charge is 0.263 e. The van der Waals surface area contributed by atoms with Crippen LogP contribution < -0.4 is 4.72 Å². The van der Waals surface area contributed by atoms with Crippen LogP contribution in [0.5, 0.6) is 0 Å². The van der Waals surface area contributed by atoms with Gasteiger partial charge >= 0.3 is 0 Å². The quantitative estimate of drug-likeness (QED) is 0.869. The van der Waals surface area contributed by atoms with Gasteiger partial charge in [-0.2, -0.15) is 10.4 Å². The van der Waals surface area contributed by atoms with E-state index in [2.05, 4.69) is 19.9 Å². The average molecular weight is 333 g/mol. The molecule has 2 aromatic rings. The molecular weight excluding hydrogens is 314 g/mol. The van der Waals surface area contributed by atoms with Gasteiger partial charge in [-0.3, -0.25) is 5.10 Å². The summed E-state index contributed by atoms with van der Waals surface area (Å²) in [5.41, 5.74) is 0.871. The van der Waals surface area contributed by atoms with Crippen LogP contribution in [0, 0.1) is 31.1 Å². The Bertz CT molecular complexity index is 849. The van der Waals surface area contributed by atoms with Crippen LogP contribution in [0.1, 0.15) is 42.7 Å². The van der Waals surface area contributed by atoms with Crippen LogP contribution in [0.4, 0.5) is 0 Å². The van der Waals surface area contributed by atoms with Crippen LogP contribution >= 0.6 is 0 Å². The molecule has 0 aliphatic rings. The average Bonchev–Trinajstić information content (AvgIpc) is 2.91. The minimum absolute atomic E-state index is 0.0422. The third-order valence-corrected chi connectivity index (χ3v) is 5.03. The van der Waals surface area contributed by atoms with Crippen molar-refractivity contribution in [2.75, 3.05) is 0 Å². The lowest BCUT2D eigenvalue weighted by Crippen LogP contribution is -2.33. The van der Waals surface area contributed by atoms with E-state index in [0.29, 0.717) is 22.8 Å². The van der Waals surface area contributed by atoms with Gasteiger partial charge in [-0.15, -0.1) is 0 Å². The number of hydrogen-bond donors (Lipinski definition) is 2. The van der Waals surface area contributed by atoms with Crippen LogP contribution in [0.15, 0.2) is 23.1 Å². The first-order chi connectivity index (χ1) is 10.7. The zero-order valence-corrected chi connectivity index (χ0v) is 14.3. The van der Waals surface area contributed by atoms with Gasteiger partial charge in [0.25, 0.3) is 0 Å². The molecule has 1 atom stereocenters. The summed E-state index contributed by atoms with van der Waals surface area (Å²) >= 11 is 0. The van der Waals surface area contributed by atoms with E-state index in [9.17, 15) is 8.42 Å². The third kappa shape index (κ3) is 3.75. The number of aromatic nitrogens is 3. The standard InChI is InChI=1S/C15H19N5O2S/c1-9(2)14(15-17-11(4)18-19-15)20-23(21,22)13-7-12(8-16)6-5-10(13)3/h5-7,9,14,20H,1-4H3,(H,17,18,19)/t14-/m1/s1. The molecule has 2 N–H and O–H groups in total. The zero-order chi connectivity index (χ0) is 17.2. The van der Waals surface area contributed by atoms with Gasteiger partial charge in [0, 0.05) is 0 Å². The maximum atomic E-state index is 12.7. The van der Waals surface area contributed by atoms with E-state index in [0.717, 1.165) is 0 Å². The Morgan fingerprint density at radius 3 is 2.52 bits per heavy atom. The number of aryl methyl sites for hydroxylation is 2. The van der Waals surface area contributed by atoms with Gasteiger partial charge in [-0.1, -0.05) is 19.9 Å². The highest BCUT2D eigenvalue weighted by atomic mass is 32.2. The molecule has 0 spiro atoms. The monoisotopic (exact) mass is 333 g/mol. The van der Waals surface area contributed by atoms with E-state index >= 15 is 0 Å². The number of nitrogens with zero attached hydrogens (tertiary/aromatic N) is 3. The summed E-state index contributed by atoms with van der Waals surface area (Å²) in [4.78, 5) is 4.31. The van der Waals surface area contributed by atoms with E-state index in [1.54, 1.807) is 26.0 Å². The smallest absolute Gasteiger partial charge is 0.241 e. The second-order valence-electron chi connectivity index (χ2n) is 5.71. The minimum atomic E-state index is -3.80. The van der Waals surface area contributed by atoms with Crippen molar-refractivity contribution < 1.29 is 8.42 Å². The minimum Gasteiger partial charge on any atom is -0.263 e. The fourth-order valence-corrected chi connectivity index (χ4v) is 3.79. The number of aromatic amines is 1. The van der Waals surface area contributed by atoms with E-state index in [4.69, 9.17) is 5.26 Å². The summed E-state index contributed by atoms with van der Waals surface area (Å²) in [6.07, 6.45) is 0. The molecule has 0 saturated heterocycles. The molecular formula is C15H19N5O2S. The van der Waals surface area contributed by atoms with Gasteiger partial charge in [0.15, 0.2) is 5.82 Å². The molecule has 0 amide bonds. The maximum Gasteiger partial charge on any atom is 0.241 e. The van der Waals surface area contributed by atoms with Crippen LogP contribution in [0.3, 0.4) is 0 Å². The molecule has 0 radical (unpaired) electrons. The number of hydrogen-bond acceptors (Lipinski definition) is 5. The predicted molar refractivity (Wildman–Crippen MR) is 84.9 cm³/mol. The molecule has 7 nitrogen and oxygen atoms in total. The summed E-state index contributed by atoms with van der Waals surface area (Å²) in [7, 11) is -3.80. The van der Waals surface area contributed by atoms with Crippen molar-refractivity contribution in [2.24, 2.45) is 5.92 Å². The highest BCUT2D eigenvalue weighted by Crippen LogP contribution is 2.23. The van der Waals surface area contributed by atoms with E-state index in [1.165, 1.54) is 6.07 Å². The molecule has 0 unspecified atom stereocenters. The fourth-order valence-electron chi connectivity index (χ4n) is 2.18. The topological polar surface area (TPSA) is 112 Å². The molecule has 0 saturated carbocycles. The number of nitrogens with one attached hydrogen (secondary N) is 2. The first-order valence-electron chi connectivity index (χ1n) is 7.16. The van der Waals surface area contributed by atoms with Gasteiger partial charge in [-0.25, -0.2) is 18.1 Å². The first-order valence-corrected chi connectivity index (χ1v) is 8.65. The number of benzene rings is 1. The summed E-state index contributed by atoms with van der Waals surface area (Å²) in [5.74, 6) is 0.974. The second-order valence-corrected chi connectivity index (χ2v) is 7.40. The Morgan fingerprint density at radius 1 is 1.30 bits per heavy atom. The van der Waals surface area contributed by atoms with E-state index in [1.807, 2.05) is 19.9 Å². The Labute approximate surface area is 135 Å². The molecule has 1 aromatic heterocycles. The van der Waals surface area contributed by atoms with Crippen LogP contribution in [-0.2, 0) is 10.0 Å². The van der Waals surface area contributed by atoms with Gasteiger partial charge in [-0.05, 0) is 37.5 Å². The molecule has 8 heteroatoms. The third-order valence-electron chi connectivity index (χ3n) is 3.45. The lowest BCUT2D eigenvalue weighted by atomic mass is 10.1. The molecule has 1 heterocycles. The molecule has 122 valence electrons. The van der Waals surface area contributed by atoms with Crippen LogP contribution in [0.2, 0.25) is 0 Å². The van der Waals surface area contributed by atoms with Crippen LogP contribution in [0.25, 0.3) is 0 Å². The molecule has 0 bridgehead atoms. The molecule has 2 rings (SSSR count). The lowest BCUT2D eigenvalue weighted by molar-refractivity contribution is 0.445. The number of nitriles is 1. The van der Waals surface area contributed by atoms with Crippen molar-refractivity contribution in [2.45, 2.75) is 38.6 Å². The van der Waals surface area contributed by atoms with Crippen molar-refractivity contribution in [1.82, 2.24) is 19.9 Å². The van der Waals surface area contributed by atoms with Crippen LogP contribution in [-0.4, -0.2) is 23.6 Å². The highest BCUT2D eigenvalue weighted by Gasteiger charge is 2.28. The number of H-pyrrole nitrogens is 1. The second kappa shape index (κ2) is 6.48. The van der Waals surface area contributed by atoms with Crippen molar-refractivity contribution in [3.05, 3.63) is 41.0 Å². The lowest BCUT2D eigenvalue weighted by Gasteiger charge is -2.20. The first kappa shape index (κ1) is 17.1. The van der Waals surface area contributed by atoms with Gasteiger partial charge in [0.1, 0.15) is 5.82 Å². The van der Waals surface area contributed by atoms with E-state index in [-0.39, 0.29) is 10.8 Å². The molecule has 0 fully saturated rings. The highest BCUT2D eigenvalue weighted by molar-refractivity contribution is 7.89. The number of rotatable bonds is 5. The van der Waals surface area contributed by atoms with Crippen molar-refractivity contribution in [3.63, 3.8) is 0 Å². The normalized spacial score (nSPS) is 13.0. The zero-order valence-electron chi connectivity index (χ0n) is 13.5. The molecule has 0 aliphatic heterocycles. The molecule has 23 heavy (non-hydrogen) atoms. The Morgan fingerprint density at radius 2 is 2.00 bits per heavy atom. The van der Waals surface area contributed by atoms with Gasteiger partial charge in [0.05, 0.1) is 22.6 Å². The van der Waals surface area contributed by atoms with Crippen molar-refractivity contribution in [1.29, 1.82) is 5.26 Å². The van der Waals surface area contributed by atoms with Crippen molar-refractivity contribution in [3.8, 4) is 6.07 Å². The van der Waals surface area contributed by atoms with Gasteiger partial charge < -0.3 is 0 Å². The number of sulfonamides is 1. The molecule has 0 aliphatic carbocycles. The molecule has 1 aromatic carbocycles. The van der Waals surface area contributed by atoms with E-state index < -0.39 is 16.1 Å².